The lowest BCUT2D eigenvalue weighted by Crippen LogP contribution is -2.14. The van der Waals surface area contributed by atoms with Gasteiger partial charge < -0.3 is 14.6 Å². The van der Waals surface area contributed by atoms with Crippen LogP contribution in [0.4, 0.5) is 0 Å². The van der Waals surface area contributed by atoms with Crippen molar-refractivity contribution in [2.24, 2.45) is 0 Å². The maximum absolute atomic E-state index is 10.5. The molecule has 4 nitrogen and oxygen atoms in total. The van der Waals surface area contributed by atoms with Crippen molar-refractivity contribution in [3.8, 4) is 5.75 Å². The second-order valence-corrected chi connectivity index (χ2v) is 4.26. The first kappa shape index (κ1) is 11.7. The summed E-state index contributed by atoms with van der Waals surface area (Å²) in [7, 11) is 4.08. The highest BCUT2D eigenvalue weighted by Gasteiger charge is 2.09. The Hall–Kier alpha value is -1.81. The molecule has 0 atom stereocenters. The van der Waals surface area contributed by atoms with Crippen LogP contribution in [-0.2, 0) is 11.2 Å². The van der Waals surface area contributed by atoms with E-state index in [-0.39, 0.29) is 0 Å². The normalized spacial score (nSPS) is 11.0. The quantitative estimate of drug-likeness (QED) is 0.800. The topological polar surface area (TPSA) is 45.3 Å². The van der Waals surface area contributed by atoms with Crippen molar-refractivity contribution in [1.82, 2.24) is 9.88 Å². The molecule has 1 aromatic heterocycles. The van der Waals surface area contributed by atoms with Gasteiger partial charge in [0.1, 0.15) is 5.75 Å². The van der Waals surface area contributed by atoms with Crippen molar-refractivity contribution < 1.29 is 9.53 Å². The average molecular weight is 232 g/mol. The van der Waals surface area contributed by atoms with E-state index in [0.29, 0.717) is 12.2 Å². The molecule has 90 valence electrons. The number of likely N-dealkylation sites (N-methyl/N-ethyl adjacent to an activating group) is 1. The molecule has 2 aromatic rings. The summed E-state index contributed by atoms with van der Waals surface area (Å²) < 4.78 is 5.01. The fourth-order valence-electron chi connectivity index (χ4n) is 1.91. The van der Waals surface area contributed by atoms with Gasteiger partial charge in [-0.3, -0.25) is 4.79 Å². The Morgan fingerprint density at radius 3 is 2.94 bits per heavy atom. The van der Waals surface area contributed by atoms with E-state index in [1.165, 1.54) is 5.56 Å². The molecule has 4 heteroatoms. The molecule has 0 aliphatic carbocycles. The van der Waals surface area contributed by atoms with Gasteiger partial charge >= 0.3 is 0 Å². The molecule has 1 aromatic carbocycles. The van der Waals surface area contributed by atoms with Crippen LogP contribution in [0.15, 0.2) is 24.4 Å². The number of benzene rings is 1. The third-order valence-corrected chi connectivity index (χ3v) is 2.75. The number of hydrogen-bond donors (Lipinski definition) is 1. The van der Waals surface area contributed by atoms with E-state index in [0.717, 1.165) is 23.9 Å². The van der Waals surface area contributed by atoms with Gasteiger partial charge in [-0.25, -0.2) is 0 Å². The van der Waals surface area contributed by atoms with Crippen LogP contribution >= 0.6 is 0 Å². The van der Waals surface area contributed by atoms with Crippen molar-refractivity contribution in [1.29, 1.82) is 0 Å². The summed E-state index contributed by atoms with van der Waals surface area (Å²) in [6.45, 7) is 1.43. The minimum Gasteiger partial charge on any atom is -0.428 e. The monoisotopic (exact) mass is 232 g/mol. The molecule has 0 aliphatic heterocycles. The zero-order chi connectivity index (χ0) is 12.3. The molecule has 0 saturated heterocycles. The van der Waals surface area contributed by atoms with Crippen LogP contribution in [0.25, 0.3) is 10.9 Å². The van der Waals surface area contributed by atoms with Crippen LogP contribution < -0.4 is 4.74 Å². The third kappa shape index (κ3) is 2.47. The maximum atomic E-state index is 10.5. The second kappa shape index (κ2) is 5.01. The zero-order valence-corrected chi connectivity index (χ0v) is 10.1. The first-order valence-electron chi connectivity index (χ1n) is 5.56. The fourth-order valence-corrected chi connectivity index (χ4v) is 1.91. The highest BCUT2D eigenvalue weighted by molar-refractivity contribution is 5.90. The summed E-state index contributed by atoms with van der Waals surface area (Å²) in [6.07, 6.45) is 2.90. The predicted octanol–water partition coefficient (Wildman–Crippen LogP) is 1.81. The van der Waals surface area contributed by atoms with E-state index < -0.39 is 0 Å². The first-order valence-corrected chi connectivity index (χ1v) is 5.56. The lowest BCUT2D eigenvalue weighted by molar-refractivity contribution is -0.120. The Kier molecular flexibility index (Phi) is 3.44. The molecule has 0 unspecified atom stereocenters. The van der Waals surface area contributed by atoms with Gasteiger partial charge in [0.25, 0.3) is 6.47 Å². The SMILES string of the molecule is CN(C)CCc1c[nH]c2cccc(OC=O)c12. The maximum Gasteiger partial charge on any atom is 0.298 e. The summed E-state index contributed by atoms with van der Waals surface area (Å²) in [5.41, 5.74) is 2.17. The van der Waals surface area contributed by atoms with Crippen LogP contribution in [0.1, 0.15) is 5.56 Å². The van der Waals surface area contributed by atoms with Gasteiger partial charge in [0.15, 0.2) is 0 Å². The zero-order valence-electron chi connectivity index (χ0n) is 10.1. The van der Waals surface area contributed by atoms with E-state index in [1.807, 2.05) is 38.5 Å². The first-order chi connectivity index (χ1) is 8.22. The van der Waals surface area contributed by atoms with Crippen molar-refractivity contribution in [3.63, 3.8) is 0 Å². The molecule has 0 amide bonds. The van der Waals surface area contributed by atoms with Gasteiger partial charge in [-0.15, -0.1) is 0 Å². The number of carbonyl (C=O) groups is 1. The summed E-state index contributed by atoms with van der Waals surface area (Å²) in [5, 5.41) is 1.00. The van der Waals surface area contributed by atoms with E-state index in [9.17, 15) is 4.79 Å². The highest BCUT2D eigenvalue weighted by atomic mass is 16.5. The van der Waals surface area contributed by atoms with E-state index in [1.54, 1.807) is 0 Å². The molecule has 2 rings (SSSR count). The van der Waals surface area contributed by atoms with Crippen molar-refractivity contribution in [2.45, 2.75) is 6.42 Å². The predicted molar refractivity (Wildman–Crippen MR) is 67.2 cm³/mol. The molecule has 0 radical (unpaired) electrons. The molecule has 0 fully saturated rings. The minimum absolute atomic E-state index is 0.470. The smallest absolute Gasteiger partial charge is 0.298 e. The van der Waals surface area contributed by atoms with Crippen molar-refractivity contribution >= 4 is 17.4 Å². The van der Waals surface area contributed by atoms with Gasteiger partial charge in [0, 0.05) is 23.6 Å². The van der Waals surface area contributed by atoms with Gasteiger partial charge in [0.05, 0.1) is 0 Å². The van der Waals surface area contributed by atoms with E-state index >= 15 is 0 Å². The number of rotatable bonds is 5. The van der Waals surface area contributed by atoms with Crippen LogP contribution in [0.3, 0.4) is 0 Å². The second-order valence-electron chi connectivity index (χ2n) is 4.26. The van der Waals surface area contributed by atoms with Crippen molar-refractivity contribution in [3.05, 3.63) is 30.0 Å². The molecule has 1 heterocycles. The minimum atomic E-state index is 0.470. The van der Waals surface area contributed by atoms with Gasteiger partial charge in [-0.2, -0.15) is 0 Å². The Bertz CT molecular complexity index is 517. The lowest BCUT2D eigenvalue weighted by Gasteiger charge is -2.09. The summed E-state index contributed by atoms with van der Waals surface area (Å²) >= 11 is 0. The Labute approximate surface area is 100 Å². The van der Waals surface area contributed by atoms with Gasteiger partial charge in [-0.1, -0.05) is 6.07 Å². The number of hydrogen-bond acceptors (Lipinski definition) is 3. The highest BCUT2D eigenvalue weighted by Crippen LogP contribution is 2.28. The van der Waals surface area contributed by atoms with E-state index in [2.05, 4.69) is 9.88 Å². The molecule has 1 N–H and O–H groups in total. The molecule has 0 spiro atoms. The number of fused-ring (bicyclic) bond motifs is 1. The van der Waals surface area contributed by atoms with Crippen LogP contribution in [0, 0.1) is 0 Å². The van der Waals surface area contributed by atoms with Crippen LogP contribution in [-0.4, -0.2) is 37.0 Å². The third-order valence-electron chi connectivity index (χ3n) is 2.75. The standard InChI is InChI=1S/C13H16N2O2/c1-15(2)7-6-10-8-14-11-4-3-5-12(13(10)11)17-9-16/h3-5,8-9,14H,6-7H2,1-2H3. The number of aromatic amines is 1. The average Bonchev–Trinajstić information content (AvgIpc) is 2.71. The number of carbonyl (C=O) groups excluding carboxylic acids is 1. The van der Waals surface area contributed by atoms with Gasteiger partial charge in [0.2, 0.25) is 0 Å². The van der Waals surface area contributed by atoms with E-state index in [4.69, 9.17) is 4.74 Å². The Morgan fingerprint density at radius 1 is 1.41 bits per heavy atom. The summed E-state index contributed by atoms with van der Waals surface area (Å²) in [5.74, 6) is 0.618. The number of ether oxygens (including phenoxy) is 1. The summed E-state index contributed by atoms with van der Waals surface area (Å²) in [4.78, 5) is 15.8. The molecule has 0 saturated carbocycles. The Balaban J connectivity index is 2.38. The largest absolute Gasteiger partial charge is 0.428 e. The Morgan fingerprint density at radius 2 is 2.24 bits per heavy atom. The number of aromatic nitrogens is 1. The summed E-state index contributed by atoms with van der Waals surface area (Å²) in [6, 6.07) is 5.66. The molecular formula is C13H16N2O2. The van der Waals surface area contributed by atoms with Crippen LogP contribution in [0.2, 0.25) is 0 Å². The number of nitrogens with zero attached hydrogens (tertiary/aromatic N) is 1. The van der Waals surface area contributed by atoms with Crippen molar-refractivity contribution in [2.75, 3.05) is 20.6 Å². The molecule has 17 heavy (non-hydrogen) atoms. The molecule has 0 aliphatic rings. The lowest BCUT2D eigenvalue weighted by atomic mass is 10.1. The molecular weight excluding hydrogens is 216 g/mol. The number of H-pyrrole nitrogens is 1. The number of nitrogens with one attached hydrogen (secondary N) is 1. The van der Waals surface area contributed by atoms with Crippen LogP contribution in [0.5, 0.6) is 5.75 Å². The van der Waals surface area contributed by atoms with Gasteiger partial charge in [-0.05, 0) is 38.2 Å². The fraction of sp³-hybridized carbons (Fsp3) is 0.308. The molecule has 0 bridgehead atoms.